The van der Waals surface area contributed by atoms with E-state index in [1.54, 1.807) is 14.2 Å². The summed E-state index contributed by atoms with van der Waals surface area (Å²) in [6, 6.07) is 0. The summed E-state index contributed by atoms with van der Waals surface area (Å²) in [6.45, 7) is 8.71. The molecule has 1 unspecified atom stereocenters. The number of rotatable bonds is 7. The van der Waals surface area contributed by atoms with Crippen LogP contribution in [0.15, 0.2) is 6.20 Å². The summed E-state index contributed by atoms with van der Waals surface area (Å²) in [7, 11) is 5.35. The van der Waals surface area contributed by atoms with Crippen LogP contribution in [0.4, 0.5) is 0 Å². The Hall–Kier alpha value is -0.910. The molecule has 0 radical (unpaired) electrons. The number of nitrogens with one attached hydrogen (secondary N) is 1. The van der Waals surface area contributed by atoms with Crippen LogP contribution in [0.5, 0.6) is 0 Å². The lowest BCUT2D eigenvalue weighted by Gasteiger charge is -2.19. The molecule has 0 spiro atoms. The van der Waals surface area contributed by atoms with Crippen molar-refractivity contribution >= 4 is 0 Å². The zero-order valence-electron chi connectivity index (χ0n) is 13.0. The van der Waals surface area contributed by atoms with Crippen molar-refractivity contribution in [2.24, 2.45) is 7.05 Å². The maximum absolute atomic E-state index is 5.32. The predicted octanol–water partition coefficient (Wildman–Crippen LogP) is 1.47. The SMILES string of the molecule is COCC(CNCc1cn(C)nc1C(C)(C)C)OC. The minimum absolute atomic E-state index is 0.0610. The molecule has 0 aromatic carbocycles. The van der Waals surface area contributed by atoms with Gasteiger partial charge in [-0.3, -0.25) is 4.68 Å². The van der Waals surface area contributed by atoms with Gasteiger partial charge in [0, 0.05) is 51.5 Å². The first-order chi connectivity index (χ1) is 8.88. The number of nitrogens with zero attached hydrogens (tertiary/aromatic N) is 2. The highest BCUT2D eigenvalue weighted by atomic mass is 16.5. The van der Waals surface area contributed by atoms with Crippen LogP contribution in [0.1, 0.15) is 32.0 Å². The van der Waals surface area contributed by atoms with Crippen LogP contribution < -0.4 is 5.32 Å². The van der Waals surface area contributed by atoms with Crippen molar-refractivity contribution in [3.8, 4) is 0 Å². The Balaban J connectivity index is 2.58. The average molecular weight is 269 g/mol. The molecule has 0 aliphatic rings. The number of ether oxygens (including phenoxy) is 2. The van der Waals surface area contributed by atoms with Crippen LogP contribution in [0.2, 0.25) is 0 Å². The molecule has 19 heavy (non-hydrogen) atoms. The largest absolute Gasteiger partial charge is 0.382 e. The van der Waals surface area contributed by atoms with E-state index in [4.69, 9.17) is 9.47 Å². The second kappa shape index (κ2) is 7.03. The Kier molecular flexibility index (Phi) is 5.97. The minimum Gasteiger partial charge on any atom is -0.382 e. The van der Waals surface area contributed by atoms with Gasteiger partial charge < -0.3 is 14.8 Å². The van der Waals surface area contributed by atoms with Gasteiger partial charge in [0.05, 0.1) is 18.4 Å². The summed E-state index contributed by atoms with van der Waals surface area (Å²) in [4.78, 5) is 0. The molecule has 1 atom stereocenters. The highest BCUT2D eigenvalue weighted by Crippen LogP contribution is 2.23. The lowest BCUT2D eigenvalue weighted by Crippen LogP contribution is -2.32. The standard InChI is InChI=1S/C14H27N3O2/c1-14(2,3)13-11(9-17(4)16-13)7-15-8-12(19-6)10-18-5/h9,12,15H,7-8,10H2,1-6H3. The van der Waals surface area contributed by atoms with Crippen LogP contribution in [-0.2, 0) is 28.5 Å². The van der Waals surface area contributed by atoms with E-state index in [9.17, 15) is 0 Å². The normalized spacial score (nSPS) is 13.8. The van der Waals surface area contributed by atoms with Crippen LogP contribution in [0.3, 0.4) is 0 Å². The molecular formula is C14H27N3O2. The molecule has 0 aliphatic heterocycles. The molecule has 110 valence electrons. The fourth-order valence-electron chi connectivity index (χ4n) is 2.06. The molecular weight excluding hydrogens is 242 g/mol. The van der Waals surface area contributed by atoms with Crippen molar-refractivity contribution in [2.45, 2.75) is 38.8 Å². The molecule has 0 saturated carbocycles. The van der Waals surface area contributed by atoms with Crippen LogP contribution in [0.25, 0.3) is 0 Å². The van der Waals surface area contributed by atoms with E-state index < -0.39 is 0 Å². The molecule has 0 saturated heterocycles. The van der Waals surface area contributed by atoms with Gasteiger partial charge in [-0.15, -0.1) is 0 Å². The Labute approximate surface area is 116 Å². The first-order valence-corrected chi connectivity index (χ1v) is 6.64. The Morgan fingerprint density at radius 2 is 2.05 bits per heavy atom. The van der Waals surface area contributed by atoms with Crippen molar-refractivity contribution in [2.75, 3.05) is 27.4 Å². The summed E-state index contributed by atoms with van der Waals surface area (Å²) in [5.41, 5.74) is 2.44. The average Bonchev–Trinajstić information content (AvgIpc) is 2.69. The van der Waals surface area contributed by atoms with Crippen molar-refractivity contribution in [3.05, 3.63) is 17.5 Å². The highest BCUT2D eigenvalue weighted by Gasteiger charge is 2.21. The third-order valence-electron chi connectivity index (χ3n) is 2.99. The number of methoxy groups -OCH3 is 2. The lowest BCUT2D eigenvalue weighted by atomic mass is 9.89. The van der Waals surface area contributed by atoms with Gasteiger partial charge in [0.25, 0.3) is 0 Å². The van der Waals surface area contributed by atoms with Crippen molar-refractivity contribution < 1.29 is 9.47 Å². The Morgan fingerprint density at radius 3 is 2.58 bits per heavy atom. The van der Waals surface area contributed by atoms with Gasteiger partial charge in [-0.1, -0.05) is 20.8 Å². The number of hydrogen-bond acceptors (Lipinski definition) is 4. The van der Waals surface area contributed by atoms with Gasteiger partial charge >= 0.3 is 0 Å². The van der Waals surface area contributed by atoms with Crippen LogP contribution in [-0.4, -0.2) is 43.3 Å². The number of hydrogen-bond donors (Lipinski definition) is 1. The highest BCUT2D eigenvalue weighted by molar-refractivity contribution is 5.23. The fourth-order valence-corrected chi connectivity index (χ4v) is 2.06. The molecule has 1 aromatic rings. The molecule has 0 bridgehead atoms. The van der Waals surface area contributed by atoms with E-state index >= 15 is 0 Å². The molecule has 5 heteroatoms. The first-order valence-electron chi connectivity index (χ1n) is 6.64. The minimum atomic E-state index is 0.0610. The zero-order valence-corrected chi connectivity index (χ0v) is 13.0. The summed E-state index contributed by atoms with van der Waals surface area (Å²) in [6.07, 6.45) is 2.16. The molecule has 0 fully saturated rings. The van der Waals surface area contributed by atoms with E-state index in [-0.39, 0.29) is 11.5 Å². The zero-order chi connectivity index (χ0) is 14.5. The summed E-state index contributed by atoms with van der Waals surface area (Å²) >= 11 is 0. The third kappa shape index (κ3) is 4.93. The topological polar surface area (TPSA) is 48.3 Å². The smallest absolute Gasteiger partial charge is 0.0928 e. The monoisotopic (exact) mass is 269 g/mol. The lowest BCUT2D eigenvalue weighted by molar-refractivity contribution is 0.0287. The fraction of sp³-hybridized carbons (Fsp3) is 0.786. The second-order valence-corrected chi connectivity index (χ2v) is 5.87. The van der Waals surface area contributed by atoms with Crippen LogP contribution >= 0.6 is 0 Å². The van der Waals surface area contributed by atoms with Crippen molar-refractivity contribution in [3.63, 3.8) is 0 Å². The first kappa shape index (κ1) is 16.1. The van der Waals surface area contributed by atoms with E-state index in [1.165, 1.54) is 5.56 Å². The Bertz CT molecular complexity index is 383. The predicted molar refractivity (Wildman–Crippen MR) is 76.3 cm³/mol. The maximum atomic E-state index is 5.32. The van der Waals surface area contributed by atoms with Gasteiger partial charge in [-0.25, -0.2) is 0 Å². The molecule has 1 heterocycles. The van der Waals surface area contributed by atoms with Gasteiger partial charge in [0.1, 0.15) is 0 Å². The second-order valence-electron chi connectivity index (χ2n) is 5.87. The summed E-state index contributed by atoms with van der Waals surface area (Å²) in [5.74, 6) is 0. The van der Waals surface area contributed by atoms with Crippen molar-refractivity contribution in [1.82, 2.24) is 15.1 Å². The van der Waals surface area contributed by atoms with Gasteiger partial charge in [-0.2, -0.15) is 5.10 Å². The Morgan fingerprint density at radius 1 is 1.37 bits per heavy atom. The molecule has 0 aliphatic carbocycles. The van der Waals surface area contributed by atoms with Gasteiger partial charge in [-0.05, 0) is 0 Å². The molecule has 1 aromatic heterocycles. The van der Waals surface area contributed by atoms with E-state index in [2.05, 4.69) is 37.4 Å². The van der Waals surface area contributed by atoms with Crippen LogP contribution in [0, 0.1) is 0 Å². The summed E-state index contributed by atoms with van der Waals surface area (Å²) in [5, 5.41) is 7.96. The van der Waals surface area contributed by atoms with E-state index in [1.807, 2.05) is 11.7 Å². The maximum Gasteiger partial charge on any atom is 0.0928 e. The number of aromatic nitrogens is 2. The van der Waals surface area contributed by atoms with Crippen molar-refractivity contribution in [1.29, 1.82) is 0 Å². The molecule has 5 nitrogen and oxygen atoms in total. The molecule has 1 N–H and O–H groups in total. The molecule has 1 rings (SSSR count). The van der Waals surface area contributed by atoms with Gasteiger partial charge in [0.2, 0.25) is 0 Å². The van der Waals surface area contributed by atoms with E-state index in [0.29, 0.717) is 6.61 Å². The summed E-state index contributed by atoms with van der Waals surface area (Å²) < 4.78 is 12.3. The van der Waals surface area contributed by atoms with E-state index in [0.717, 1.165) is 18.8 Å². The van der Waals surface area contributed by atoms with Gasteiger partial charge in [0.15, 0.2) is 0 Å². The molecule has 0 amide bonds. The number of aryl methyl sites for hydroxylation is 1. The quantitative estimate of drug-likeness (QED) is 0.814. The third-order valence-corrected chi connectivity index (χ3v) is 2.99.